The van der Waals surface area contributed by atoms with Gasteiger partial charge in [0.05, 0.1) is 16.6 Å². The third-order valence-electron chi connectivity index (χ3n) is 4.60. The Labute approximate surface area is 173 Å². The van der Waals surface area contributed by atoms with Gasteiger partial charge in [-0.25, -0.2) is 4.98 Å². The van der Waals surface area contributed by atoms with Crippen molar-refractivity contribution in [3.63, 3.8) is 0 Å². The Kier molecular flexibility index (Phi) is 5.51. The lowest BCUT2D eigenvalue weighted by Crippen LogP contribution is -2.21. The van der Waals surface area contributed by atoms with Crippen LogP contribution in [0.4, 0.5) is 0 Å². The van der Waals surface area contributed by atoms with E-state index in [-0.39, 0.29) is 5.56 Å². The van der Waals surface area contributed by atoms with Crippen LogP contribution in [0.25, 0.3) is 16.6 Å². The van der Waals surface area contributed by atoms with Gasteiger partial charge in [0.15, 0.2) is 5.16 Å². The fraction of sp³-hybridized carbons (Fsp3) is 0.130. The maximum atomic E-state index is 13.3. The Morgan fingerprint density at radius 2 is 1.75 bits per heavy atom. The number of para-hydroxylation sites is 1. The quantitative estimate of drug-likeness (QED) is 0.306. The molecule has 3 nitrogen and oxygen atoms in total. The second kappa shape index (κ2) is 8.21. The minimum absolute atomic E-state index is 0.0524. The third kappa shape index (κ3) is 3.84. The van der Waals surface area contributed by atoms with Crippen molar-refractivity contribution in [2.24, 2.45) is 0 Å². The van der Waals surface area contributed by atoms with Crippen molar-refractivity contribution in [1.29, 1.82) is 0 Å². The molecule has 0 aliphatic heterocycles. The van der Waals surface area contributed by atoms with Gasteiger partial charge in [0.1, 0.15) is 0 Å². The third-order valence-corrected chi connectivity index (χ3v) is 5.85. The fourth-order valence-electron chi connectivity index (χ4n) is 3.09. The maximum absolute atomic E-state index is 13.3. The molecule has 0 aliphatic carbocycles. The molecule has 28 heavy (non-hydrogen) atoms. The lowest BCUT2D eigenvalue weighted by Gasteiger charge is -2.14. The van der Waals surface area contributed by atoms with Crippen molar-refractivity contribution in [3.05, 3.63) is 99.3 Å². The van der Waals surface area contributed by atoms with Crippen LogP contribution in [0, 0.1) is 0 Å². The average Bonchev–Trinajstić information content (AvgIpc) is 2.73. The molecule has 0 unspecified atom stereocenters. The Morgan fingerprint density at radius 1 is 0.964 bits per heavy atom. The number of halogens is 1. The van der Waals surface area contributed by atoms with Gasteiger partial charge >= 0.3 is 0 Å². The zero-order valence-electron chi connectivity index (χ0n) is 15.4. The van der Waals surface area contributed by atoms with Crippen LogP contribution in [0.15, 0.2) is 82.7 Å². The van der Waals surface area contributed by atoms with Crippen molar-refractivity contribution < 1.29 is 0 Å². The van der Waals surface area contributed by atoms with E-state index >= 15 is 0 Å². The summed E-state index contributed by atoms with van der Waals surface area (Å²) >= 11 is 7.64. The normalized spacial score (nSPS) is 11.1. The molecular weight excluding hydrogens is 388 g/mol. The number of thioether (sulfide) groups is 1. The highest BCUT2D eigenvalue weighted by atomic mass is 35.5. The minimum atomic E-state index is -0.0524. The van der Waals surface area contributed by atoms with Crippen molar-refractivity contribution in [1.82, 2.24) is 9.55 Å². The van der Waals surface area contributed by atoms with Crippen molar-refractivity contribution in [2.45, 2.75) is 24.3 Å². The smallest absolute Gasteiger partial charge is 0.266 e. The molecule has 4 rings (SSSR count). The van der Waals surface area contributed by atoms with Gasteiger partial charge in [0.25, 0.3) is 5.56 Å². The maximum Gasteiger partial charge on any atom is 0.266 e. The first-order valence-electron chi connectivity index (χ1n) is 9.14. The van der Waals surface area contributed by atoms with Gasteiger partial charge in [-0.3, -0.25) is 9.36 Å². The number of aromatic nitrogens is 2. The van der Waals surface area contributed by atoms with Crippen molar-refractivity contribution in [3.8, 4) is 5.69 Å². The van der Waals surface area contributed by atoms with Crippen molar-refractivity contribution in [2.75, 3.05) is 0 Å². The highest BCUT2D eigenvalue weighted by Crippen LogP contribution is 2.25. The molecule has 0 N–H and O–H groups in total. The summed E-state index contributed by atoms with van der Waals surface area (Å²) in [7, 11) is 0. The fourth-order valence-corrected chi connectivity index (χ4v) is 4.26. The van der Waals surface area contributed by atoms with Gasteiger partial charge in [-0.05, 0) is 53.9 Å². The van der Waals surface area contributed by atoms with Gasteiger partial charge in [0, 0.05) is 10.8 Å². The second-order valence-electron chi connectivity index (χ2n) is 6.49. The van der Waals surface area contributed by atoms with E-state index in [1.54, 1.807) is 4.57 Å². The van der Waals surface area contributed by atoms with E-state index in [0.717, 1.165) is 17.7 Å². The molecule has 3 aromatic carbocycles. The molecule has 5 heteroatoms. The average molecular weight is 407 g/mol. The lowest BCUT2D eigenvalue weighted by atomic mass is 10.1. The molecule has 1 aromatic heterocycles. The first-order chi connectivity index (χ1) is 13.7. The molecule has 4 aromatic rings. The molecule has 0 atom stereocenters. The Morgan fingerprint density at radius 3 is 2.50 bits per heavy atom. The van der Waals surface area contributed by atoms with E-state index < -0.39 is 0 Å². The van der Waals surface area contributed by atoms with Crippen LogP contribution in [-0.4, -0.2) is 9.55 Å². The number of nitrogens with zero attached hydrogens (tertiary/aromatic N) is 2. The molecule has 0 bridgehead atoms. The number of aryl methyl sites for hydroxylation is 1. The van der Waals surface area contributed by atoms with Crippen LogP contribution >= 0.6 is 23.4 Å². The molecule has 140 valence electrons. The van der Waals surface area contributed by atoms with Gasteiger partial charge in [-0.2, -0.15) is 0 Å². The van der Waals surface area contributed by atoms with Gasteiger partial charge in [0.2, 0.25) is 0 Å². The van der Waals surface area contributed by atoms with E-state index in [0.29, 0.717) is 26.8 Å². The Hall–Kier alpha value is -2.56. The first kappa shape index (κ1) is 18.8. The molecule has 0 aliphatic rings. The summed E-state index contributed by atoms with van der Waals surface area (Å²) < 4.78 is 1.71. The summed E-state index contributed by atoms with van der Waals surface area (Å²) in [6, 6.07) is 23.3. The second-order valence-corrected chi connectivity index (χ2v) is 7.87. The number of rotatable bonds is 5. The SMILES string of the molecule is CCc1ccc(-n2c(SCc3cccc(Cl)c3)nc3ccccc3c2=O)cc1. The summed E-state index contributed by atoms with van der Waals surface area (Å²) in [6.45, 7) is 2.12. The standard InChI is InChI=1S/C23H19ClN2OS/c1-2-16-10-12-19(13-11-16)26-22(27)20-8-3-4-9-21(20)25-23(26)28-15-17-6-5-7-18(24)14-17/h3-14H,2,15H2,1H3. The zero-order valence-corrected chi connectivity index (χ0v) is 17.0. The topological polar surface area (TPSA) is 34.9 Å². The number of benzene rings is 3. The minimum Gasteiger partial charge on any atom is -0.268 e. The highest BCUT2D eigenvalue weighted by Gasteiger charge is 2.13. The van der Waals surface area contributed by atoms with Crippen molar-refractivity contribution >= 4 is 34.3 Å². The Balaban J connectivity index is 1.81. The molecule has 0 amide bonds. The number of hydrogen-bond acceptors (Lipinski definition) is 3. The van der Waals surface area contributed by atoms with E-state index in [1.807, 2.05) is 60.7 Å². The van der Waals surface area contributed by atoms with Crippen LogP contribution in [0.5, 0.6) is 0 Å². The van der Waals surface area contributed by atoms with Crippen LogP contribution < -0.4 is 5.56 Å². The summed E-state index contributed by atoms with van der Waals surface area (Å²) in [6.07, 6.45) is 0.960. The molecule has 0 fully saturated rings. The molecule has 0 saturated heterocycles. The number of fused-ring (bicyclic) bond motifs is 1. The predicted octanol–water partition coefficient (Wildman–Crippen LogP) is 5.89. The van der Waals surface area contributed by atoms with Crippen LogP contribution in [0.2, 0.25) is 5.02 Å². The van der Waals surface area contributed by atoms with E-state index in [2.05, 4.69) is 19.1 Å². The van der Waals surface area contributed by atoms with E-state index in [1.165, 1.54) is 17.3 Å². The summed E-state index contributed by atoms with van der Waals surface area (Å²) in [5.74, 6) is 0.679. The zero-order chi connectivity index (χ0) is 19.5. The molecule has 1 heterocycles. The summed E-state index contributed by atoms with van der Waals surface area (Å²) in [5.41, 5.74) is 3.81. The predicted molar refractivity (Wildman–Crippen MR) is 118 cm³/mol. The van der Waals surface area contributed by atoms with Crippen LogP contribution in [-0.2, 0) is 12.2 Å². The van der Waals surface area contributed by atoms with Gasteiger partial charge in [-0.1, -0.05) is 66.7 Å². The van der Waals surface area contributed by atoms with E-state index in [4.69, 9.17) is 16.6 Å². The highest BCUT2D eigenvalue weighted by molar-refractivity contribution is 7.98. The van der Waals surface area contributed by atoms with Crippen LogP contribution in [0.1, 0.15) is 18.1 Å². The Bertz CT molecular complexity index is 1190. The van der Waals surface area contributed by atoms with E-state index in [9.17, 15) is 4.79 Å². The molecule has 0 spiro atoms. The largest absolute Gasteiger partial charge is 0.268 e. The van der Waals surface area contributed by atoms with Gasteiger partial charge < -0.3 is 0 Å². The molecule has 0 saturated carbocycles. The lowest BCUT2D eigenvalue weighted by molar-refractivity contribution is 0.819. The molecular formula is C23H19ClN2OS. The number of hydrogen-bond donors (Lipinski definition) is 0. The first-order valence-corrected chi connectivity index (χ1v) is 10.5. The van der Waals surface area contributed by atoms with Gasteiger partial charge in [-0.15, -0.1) is 0 Å². The summed E-state index contributed by atoms with van der Waals surface area (Å²) in [4.78, 5) is 18.0. The molecule has 0 radical (unpaired) electrons. The summed E-state index contributed by atoms with van der Waals surface area (Å²) in [5, 5.41) is 2.00. The monoisotopic (exact) mass is 406 g/mol. The van der Waals surface area contributed by atoms with Crippen LogP contribution in [0.3, 0.4) is 0 Å².